The Morgan fingerprint density at radius 2 is 1.75 bits per heavy atom. The van der Waals surface area contributed by atoms with Gasteiger partial charge in [0.05, 0.1) is 0 Å². The van der Waals surface area contributed by atoms with Crippen LogP contribution in [-0.2, 0) is 11.3 Å². The van der Waals surface area contributed by atoms with Crippen LogP contribution in [0.4, 0.5) is 4.79 Å². The van der Waals surface area contributed by atoms with E-state index in [0.29, 0.717) is 6.54 Å². The first-order valence-corrected chi connectivity index (χ1v) is 6.77. The second-order valence-electron chi connectivity index (χ2n) is 6.02. The number of fused-ring (bicyclic) bond motifs is 1. The topological polar surface area (TPSA) is 29.5 Å². The quantitative estimate of drug-likeness (QED) is 0.819. The van der Waals surface area contributed by atoms with Gasteiger partial charge < -0.3 is 9.64 Å². The normalized spacial score (nSPS) is 11.4. The second kappa shape index (κ2) is 5.53. The molecule has 3 heteroatoms. The molecule has 3 nitrogen and oxygen atoms in total. The molecule has 0 aromatic heterocycles. The van der Waals surface area contributed by atoms with Crippen LogP contribution in [0, 0.1) is 0 Å². The van der Waals surface area contributed by atoms with Crippen molar-refractivity contribution in [2.75, 3.05) is 7.05 Å². The fourth-order valence-electron chi connectivity index (χ4n) is 2.02. The van der Waals surface area contributed by atoms with Crippen molar-refractivity contribution in [2.45, 2.75) is 32.9 Å². The van der Waals surface area contributed by atoms with E-state index in [0.717, 1.165) is 5.56 Å². The van der Waals surface area contributed by atoms with Gasteiger partial charge in [-0.3, -0.25) is 0 Å². The van der Waals surface area contributed by atoms with Gasteiger partial charge in [-0.1, -0.05) is 36.4 Å². The highest BCUT2D eigenvalue weighted by atomic mass is 16.6. The maximum atomic E-state index is 11.9. The molecule has 20 heavy (non-hydrogen) atoms. The first-order chi connectivity index (χ1) is 9.35. The van der Waals surface area contributed by atoms with Crippen molar-refractivity contribution < 1.29 is 9.53 Å². The van der Waals surface area contributed by atoms with Gasteiger partial charge >= 0.3 is 6.09 Å². The first-order valence-electron chi connectivity index (χ1n) is 6.77. The van der Waals surface area contributed by atoms with Gasteiger partial charge in [-0.2, -0.15) is 0 Å². The maximum Gasteiger partial charge on any atom is 0.410 e. The van der Waals surface area contributed by atoms with Crippen molar-refractivity contribution in [1.29, 1.82) is 0 Å². The molecule has 0 heterocycles. The number of amides is 1. The summed E-state index contributed by atoms with van der Waals surface area (Å²) < 4.78 is 5.35. The Bertz CT molecular complexity index is 614. The molecule has 2 aromatic carbocycles. The van der Waals surface area contributed by atoms with Gasteiger partial charge in [0, 0.05) is 13.6 Å². The summed E-state index contributed by atoms with van der Waals surface area (Å²) in [5, 5.41) is 2.39. The van der Waals surface area contributed by atoms with Crippen molar-refractivity contribution in [3.63, 3.8) is 0 Å². The predicted octanol–water partition coefficient (Wildman–Crippen LogP) is 4.21. The second-order valence-corrected chi connectivity index (χ2v) is 6.02. The van der Waals surface area contributed by atoms with Crippen LogP contribution in [0.5, 0.6) is 0 Å². The van der Waals surface area contributed by atoms with E-state index in [1.807, 2.05) is 39.0 Å². The molecule has 1 amide bonds. The number of hydrogen-bond donors (Lipinski definition) is 0. The molecule has 0 N–H and O–H groups in total. The SMILES string of the molecule is CN(Cc1ccc2ccccc2c1)C(=O)OC(C)(C)C. The summed E-state index contributed by atoms with van der Waals surface area (Å²) >= 11 is 0. The molecule has 2 aromatic rings. The van der Waals surface area contributed by atoms with Gasteiger partial charge in [-0.05, 0) is 43.2 Å². The lowest BCUT2D eigenvalue weighted by molar-refractivity contribution is 0.0285. The molecule has 0 radical (unpaired) electrons. The van der Waals surface area contributed by atoms with Gasteiger partial charge in [0.2, 0.25) is 0 Å². The molecule has 2 rings (SSSR count). The first kappa shape index (κ1) is 14.4. The van der Waals surface area contributed by atoms with E-state index >= 15 is 0 Å². The molecule has 0 aliphatic carbocycles. The Hall–Kier alpha value is -2.03. The number of nitrogens with zero attached hydrogens (tertiary/aromatic N) is 1. The lowest BCUT2D eigenvalue weighted by Crippen LogP contribution is -2.33. The summed E-state index contributed by atoms with van der Waals surface area (Å²) in [6.07, 6.45) is -0.300. The smallest absolute Gasteiger partial charge is 0.410 e. The minimum absolute atomic E-state index is 0.300. The van der Waals surface area contributed by atoms with Crippen LogP contribution in [0.2, 0.25) is 0 Å². The van der Waals surface area contributed by atoms with Crippen molar-refractivity contribution in [3.8, 4) is 0 Å². The number of hydrogen-bond acceptors (Lipinski definition) is 2. The van der Waals surface area contributed by atoms with Crippen molar-refractivity contribution >= 4 is 16.9 Å². The Kier molecular flexibility index (Phi) is 3.98. The van der Waals surface area contributed by atoms with Gasteiger partial charge in [0.15, 0.2) is 0 Å². The zero-order valence-corrected chi connectivity index (χ0v) is 12.5. The zero-order chi connectivity index (χ0) is 14.8. The van der Waals surface area contributed by atoms with Gasteiger partial charge in [-0.25, -0.2) is 4.79 Å². The van der Waals surface area contributed by atoms with Crippen molar-refractivity contribution in [3.05, 3.63) is 48.0 Å². The van der Waals surface area contributed by atoms with Crippen LogP contribution in [0.3, 0.4) is 0 Å². The number of ether oxygens (including phenoxy) is 1. The summed E-state index contributed by atoms with van der Waals surface area (Å²) in [7, 11) is 1.75. The van der Waals surface area contributed by atoms with E-state index in [9.17, 15) is 4.79 Å². The summed E-state index contributed by atoms with van der Waals surface area (Å²) in [5.74, 6) is 0. The molecular formula is C17H21NO2. The molecule has 0 saturated carbocycles. The minimum Gasteiger partial charge on any atom is -0.444 e. The van der Waals surface area contributed by atoms with E-state index in [1.165, 1.54) is 10.8 Å². The molecule has 0 aliphatic heterocycles. The lowest BCUT2D eigenvalue weighted by atomic mass is 10.1. The average molecular weight is 271 g/mol. The highest BCUT2D eigenvalue weighted by molar-refractivity contribution is 5.83. The Balaban J connectivity index is 2.09. The summed E-state index contributed by atoms with van der Waals surface area (Å²) in [4.78, 5) is 13.5. The fourth-order valence-corrected chi connectivity index (χ4v) is 2.02. The molecule has 0 atom stereocenters. The number of rotatable bonds is 2. The van der Waals surface area contributed by atoms with Crippen LogP contribution in [0.15, 0.2) is 42.5 Å². The summed E-state index contributed by atoms with van der Waals surface area (Å²) in [6, 6.07) is 14.4. The standard InChI is InChI=1S/C17H21NO2/c1-17(2,3)20-16(19)18(4)12-13-9-10-14-7-5-6-8-15(14)11-13/h5-11H,12H2,1-4H3. The van der Waals surface area contributed by atoms with Gasteiger partial charge in [0.1, 0.15) is 5.60 Å². The molecule has 0 spiro atoms. The molecular weight excluding hydrogens is 250 g/mol. The summed E-state index contributed by atoms with van der Waals surface area (Å²) in [5.41, 5.74) is 0.631. The predicted molar refractivity (Wildman–Crippen MR) is 81.6 cm³/mol. The highest BCUT2D eigenvalue weighted by Crippen LogP contribution is 2.17. The van der Waals surface area contributed by atoms with Gasteiger partial charge in [-0.15, -0.1) is 0 Å². The van der Waals surface area contributed by atoms with Crippen LogP contribution in [-0.4, -0.2) is 23.6 Å². The molecule has 0 saturated heterocycles. The van der Waals surface area contributed by atoms with Crippen molar-refractivity contribution in [1.82, 2.24) is 4.90 Å². The zero-order valence-electron chi connectivity index (χ0n) is 12.5. The molecule has 0 aliphatic rings. The number of carbonyl (C=O) groups excluding carboxylic acids is 1. The third-order valence-electron chi connectivity index (χ3n) is 2.94. The van der Waals surface area contributed by atoms with Crippen LogP contribution >= 0.6 is 0 Å². The van der Waals surface area contributed by atoms with E-state index in [1.54, 1.807) is 11.9 Å². The van der Waals surface area contributed by atoms with E-state index in [4.69, 9.17) is 4.74 Å². The minimum atomic E-state index is -0.464. The Morgan fingerprint density at radius 1 is 1.10 bits per heavy atom. The monoisotopic (exact) mass is 271 g/mol. The third-order valence-corrected chi connectivity index (χ3v) is 2.94. The van der Waals surface area contributed by atoms with Gasteiger partial charge in [0.25, 0.3) is 0 Å². The number of benzene rings is 2. The van der Waals surface area contributed by atoms with Crippen LogP contribution in [0.25, 0.3) is 10.8 Å². The van der Waals surface area contributed by atoms with Crippen molar-refractivity contribution in [2.24, 2.45) is 0 Å². The van der Waals surface area contributed by atoms with Crippen LogP contribution in [0.1, 0.15) is 26.3 Å². The van der Waals surface area contributed by atoms with E-state index in [2.05, 4.69) is 24.3 Å². The largest absolute Gasteiger partial charge is 0.444 e. The molecule has 0 unspecified atom stereocenters. The average Bonchev–Trinajstić information content (AvgIpc) is 2.36. The van der Waals surface area contributed by atoms with E-state index < -0.39 is 5.60 Å². The maximum absolute atomic E-state index is 11.9. The summed E-state index contributed by atoms with van der Waals surface area (Å²) in [6.45, 7) is 6.15. The molecule has 0 bridgehead atoms. The van der Waals surface area contributed by atoms with E-state index in [-0.39, 0.29) is 6.09 Å². The highest BCUT2D eigenvalue weighted by Gasteiger charge is 2.19. The Morgan fingerprint density at radius 3 is 2.40 bits per heavy atom. The molecule has 0 fully saturated rings. The molecule has 106 valence electrons. The van der Waals surface area contributed by atoms with Crippen LogP contribution < -0.4 is 0 Å². The third kappa shape index (κ3) is 3.73. The Labute approximate surface area is 120 Å². The number of carbonyl (C=O) groups is 1. The fraction of sp³-hybridized carbons (Fsp3) is 0.353. The lowest BCUT2D eigenvalue weighted by Gasteiger charge is -2.24.